The molecule has 182 valence electrons. The first-order valence-corrected chi connectivity index (χ1v) is 11.7. The topological polar surface area (TPSA) is 79.3 Å². The molecule has 0 aliphatic carbocycles. The number of benzene rings is 2. The van der Waals surface area contributed by atoms with Crippen LogP contribution in [0.4, 0.5) is 0 Å². The maximum absolute atomic E-state index is 13.1. The Hall–Kier alpha value is -3.32. The molecule has 0 radical (unpaired) electrons. The van der Waals surface area contributed by atoms with E-state index >= 15 is 0 Å². The summed E-state index contributed by atoms with van der Waals surface area (Å²) in [5.74, 6) is -0.0959. The molecule has 34 heavy (non-hydrogen) atoms. The van der Waals surface area contributed by atoms with Crippen molar-refractivity contribution < 1.29 is 24.2 Å². The summed E-state index contributed by atoms with van der Waals surface area (Å²) >= 11 is 0. The average Bonchev–Trinajstić information content (AvgIpc) is 3.04. The van der Waals surface area contributed by atoms with Crippen LogP contribution in [0.15, 0.2) is 54.1 Å². The summed E-state index contributed by atoms with van der Waals surface area (Å²) in [4.78, 5) is 29.7. The summed E-state index contributed by atoms with van der Waals surface area (Å²) < 4.78 is 11.2. The number of carbonyl (C=O) groups is 2. The minimum atomic E-state index is -0.677. The number of carbonyl (C=O) groups excluding carboxylic acids is 2. The van der Waals surface area contributed by atoms with E-state index in [2.05, 4.69) is 0 Å². The van der Waals surface area contributed by atoms with Crippen molar-refractivity contribution in [3.63, 3.8) is 0 Å². The van der Waals surface area contributed by atoms with Crippen LogP contribution in [-0.2, 0) is 9.59 Å². The molecule has 1 fully saturated rings. The normalized spacial score (nSPS) is 17.6. The third kappa shape index (κ3) is 5.78. The quantitative estimate of drug-likeness (QED) is 0.320. The number of ether oxygens (including phenoxy) is 2. The minimum Gasteiger partial charge on any atom is -0.507 e. The molecule has 3 rings (SSSR count). The van der Waals surface area contributed by atoms with Crippen LogP contribution in [0.25, 0.3) is 5.76 Å². The highest BCUT2D eigenvalue weighted by Gasteiger charge is 2.45. The van der Waals surface area contributed by atoms with Gasteiger partial charge in [0.1, 0.15) is 17.3 Å². The monoisotopic (exact) mass is 466 g/mol. The lowest BCUT2D eigenvalue weighted by molar-refractivity contribution is -0.139. The highest BCUT2D eigenvalue weighted by Crippen LogP contribution is 2.40. The average molecular weight is 467 g/mol. The van der Waals surface area contributed by atoms with E-state index in [0.29, 0.717) is 36.6 Å². The van der Waals surface area contributed by atoms with Gasteiger partial charge in [-0.3, -0.25) is 9.59 Å². The third-order valence-electron chi connectivity index (χ3n) is 5.55. The van der Waals surface area contributed by atoms with Gasteiger partial charge in [-0.05, 0) is 89.8 Å². The number of amides is 1. The Morgan fingerprint density at radius 1 is 1.03 bits per heavy atom. The number of hydrogen-bond acceptors (Lipinski definition) is 6. The second kappa shape index (κ2) is 11.2. The Balaban J connectivity index is 2.02. The van der Waals surface area contributed by atoms with Crippen molar-refractivity contribution in [2.45, 2.75) is 39.3 Å². The van der Waals surface area contributed by atoms with E-state index in [4.69, 9.17) is 9.47 Å². The fraction of sp³-hybridized carbons (Fsp3) is 0.407. The SMILES string of the molecule is CCOc1ccc(C2/C(=C(/O)c3ccc(OC(C)C)cc3)C(=O)C(=O)N2CCCN(C)C)cc1. The molecule has 0 bridgehead atoms. The standard InChI is InChI=1S/C27H34N2O5/c1-6-33-21-12-8-19(9-13-21)24-23(26(31)27(32)29(24)17-7-16-28(4)5)25(30)20-10-14-22(15-11-20)34-18(2)3/h8-15,18,24,30H,6-7,16-17H2,1-5H3/b25-23-. The molecule has 1 aliphatic rings. The van der Waals surface area contributed by atoms with Crippen molar-refractivity contribution >= 4 is 17.4 Å². The van der Waals surface area contributed by atoms with Gasteiger partial charge in [-0.25, -0.2) is 0 Å². The van der Waals surface area contributed by atoms with Gasteiger partial charge in [0, 0.05) is 12.1 Å². The summed E-state index contributed by atoms with van der Waals surface area (Å²) in [7, 11) is 3.93. The number of ketones is 1. The van der Waals surface area contributed by atoms with Gasteiger partial charge in [0.25, 0.3) is 11.7 Å². The number of nitrogens with zero attached hydrogens (tertiary/aromatic N) is 2. The minimum absolute atomic E-state index is 0.0200. The van der Waals surface area contributed by atoms with Crippen molar-refractivity contribution in [1.29, 1.82) is 0 Å². The molecule has 1 saturated heterocycles. The molecule has 0 saturated carbocycles. The van der Waals surface area contributed by atoms with Gasteiger partial charge in [0.15, 0.2) is 0 Å². The summed E-state index contributed by atoms with van der Waals surface area (Å²) in [6.45, 7) is 7.49. The summed E-state index contributed by atoms with van der Waals surface area (Å²) in [6.07, 6.45) is 0.723. The van der Waals surface area contributed by atoms with Crippen LogP contribution in [0.3, 0.4) is 0 Å². The number of likely N-dealkylation sites (tertiary alicyclic amines) is 1. The fourth-order valence-corrected chi connectivity index (χ4v) is 4.05. The highest BCUT2D eigenvalue weighted by atomic mass is 16.5. The van der Waals surface area contributed by atoms with Crippen molar-refractivity contribution in [2.75, 3.05) is 33.8 Å². The molecule has 7 heteroatoms. The largest absolute Gasteiger partial charge is 0.507 e. The first kappa shape index (κ1) is 25.3. The van der Waals surface area contributed by atoms with Gasteiger partial charge in [-0.2, -0.15) is 0 Å². The number of rotatable bonds is 10. The van der Waals surface area contributed by atoms with Crippen molar-refractivity contribution in [1.82, 2.24) is 9.80 Å². The molecule has 7 nitrogen and oxygen atoms in total. The second-order valence-electron chi connectivity index (χ2n) is 8.84. The number of hydrogen-bond donors (Lipinski definition) is 1. The van der Waals surface area contributed by atoms with Gasteiger partial charge in [0.05, 0.1) is 24.3 Å². The molecule has 1 heterocycles. The van der Waals surface area contributed by atoms with Crippen LogP contribution >= 0.6 is 0 Å². The smallest absolute Gasteiger partial charge is 0.295 e. The van der Waals surface area contributed by atoms with Crippen LogP contribution < -0.4 is 9.47 Å². The molecule has 1 aliphatic heterocycles. The van der Waals surface area contributed by atoms with E-state index < -0.39 is 17.7 Å². The molecule has 1 amide bonds. The zero-order chi connectivity index (χ0) is 24.8. The predicted octanol–water partition coefficient (Wildman–Crippen LogP) is 4.25. The lowest BCUT2D eigenvalue weighted by atomic mass is 9.95. The van der Waals surface area contributed by atoms with Crippen LogP contribution in [0.5, 0.6) is 11.5 Å². The summed E-state index contributed by atoms with van der Waals surface area (Å²) in [5.41, 5.74) is 1.30. The summed E-state index contributed by atoms with van der Waals surface area (Å²) in [6, 6.07) is 13.5. The van der Waals surface area contributed by atoms with Gasteiger partial charge in [-0.15, -0.1) is 0 Å². The van der Waals surface area contributed by atoms with Crippen LogP contribution in [-0.4, -0.2) is 66.5 Å². The highest BCUT2D eigenvalue weighted by molar-refractivity contribution is 6.46. The van der Waals surface area contributed by atoms with Crippen molar-refractivity contribution in [3.05, 3.63) is 65.2 Å². The Kier molecular flexibility index (Phi) is 8.34. The molecular weight excluding hydrogens is 432 g/mol. The molecule has 0 aromatic heterocycles. The van der Waals surface area contributed by atoms with Gasteiger partial charge < -0.3 is 24.4 Å². The molecular formula is C27H34N2O5. The van der Waals surface area contributed by atoms with E-state index in [1.807, 2.05) is 64.0 Å². The first-order valence-electron chi connectivity index (χ1n) is 11.7. The molecule has 1 atom stereocenters. The van der Waals surface area contributed by atoms with Gasteiger partial charge >= 0.3 is 0 Å². The molecule has 2 aromatic rings. The zero-order valence-electron chi connectivity index (χ0n) is 20.6. The third-order valence-corrected chi connectivity index (χ3v) is 5.55. The van der Waals surface area contributed by atoms with Crippen LogP contribution in [0.1, 0.15) is 44.4 Å². The number of aliphatic hydroxyl groups excluding tert-OH is 1. The predicted molar refractivity (Wildman–Crippen MR) is 132 cm³/mol. The van der Waals surface area contributed by atoms with E-state index in [0.717, 1.165) is 12.1 Å². The molecule has 2 aromatic carbocycles. The van der Waals surface area contributed by atoms with Crippen molar-refractivity contribution in [3.8, 4) is 11.5 Å². The van der Waals surface area contributed by atoms with Crippen LogP contribution in [0.2, 0.25) is 0 Å². The Labute approximate surface area is 201 Å². The van der Waals surface area contributed by atoms with E-state index in [-0.39, 0.29) is 17.4 Å². The second-order valence-corrected chi connectivity index (χ2v) is 8.84. The van der Waals surface area contributed by atoms with Gasteiger partial charge in [0.2, 0.25) is 0 Å². The number of aliphatic hydroxyl groups is 1. The number of Topliss-reactive ketones (excluding diaryl/α,β-unsaturated/α-hetero) is 1. The lowest BCUT2D eigenvalue weighted by Crippen LogP contribution is -2.32. The fourth-order valence-electron chi connectivity index (χ4n) is 4.05. The lowest BCUT2D eigenvalue weighted by Gasteiger charge is -2.26. The van der Waals surface area contributed by atoms with Crippen LogP contribution in [0, 0.1) is 0 Å². The van der Waals surface area contributed by atoms with E-state index in [9.17, 15) is 14.7 Å². The van der Waals surface area contributed by atoms with E-state index in [1.54, 1.807) is 29.2 Å². The molecule has 1 N–H and O–H groups in total. The summed E-state index contributed by atoms with van der Waals surface area (Å²) in [5, 5.41) is 11.2. The van der Waals surface area contributed by atoms with E-state index in [1.165, 1.54) is 0 Å². The molecule has 1 unspecified atom stereocenters. The Bertz CT molecular complexity index is 1030. The Morgan fingerprint density at radius 3 is 2.21 bits per heavy atom. The zero-order valence-corrected chi connectivity index (χ0v) is 20.6. The first-order chi connectivity index (χ1) is 16.2. The Morgan fingerprint density at radius 2 is 1.65 bits per heavy atom. The maximum atomic E-state index is 13.1. The van der Waals surface area contributed by atoms with Gasteiger partial charge in [-0.1, -0.05) is 12.1 Å². The van der Waals surface area contributed by atoms with Crippen molar-refractivity contribution in [2.24, 2.45) is 0 Å². The molecule has 0 spiro atoms. The maximum Gasteiger partial charge on any atom is 0.295 e.